The Labute approximate surface area is 157 Å². The molecule has 0 saturated carbocycles. The fraction of sp³-hybridized carbons (Fsp3) is 0.200. The summed E-state index contributed by atoms with van der Waals surface area (Å²) in [6.45, 7) is 2.57. The first-order valence-corrected chi connectivity index (χ1v) is 8.75. The van der Waals surface area contributed by atoms with Crippen LogP contribution in [0.25, 0.3) is 11.3 Å². The second-order valence-electron chi connectivity index (χ2n) is 5.63. The van der Waals surface area contributed by atoms with Gasteiger partial charge in [-0.3, -0.25) is 4.79 Å². The summed E-state index contributed by atoms with van der Waals surface area (Å²) in [6.07, 6.45) is 2.38. The number of nitrogens with one attached hydrogen (secondary N) is 1. The largest absolute Gasteiger partial charge is 0.494 e. The number of rotatable bonds is 7. The van der Waals surface area contributed by atoms with E-state index in [9.17, 15) is 4.79 Å². The van der Waals surface area contributed by atoms with Crippen LogP contribution in [0.15, 0.2) is 59.1 Å². The average molecular weight is 371 g/mol. The van der Waals surface area contributed by atoms with Gasteiger partial charge in [-0.15, -0.1) is 0 Å². The molecule has 0 aliphatic carbocycles. The number of hydrogen-bond acceptors (Lipinski definition) is 4. The van der Waals surface area contributed by atoms with Crippen LogP contribution in [0.5, 0.6) is 5.75 Å². The summed E-state index contributed by atoms with van der Waals surface area (Å²) in [5.74, 6) is 1.91. The molecule has 1 N–H and O–H groups in total. The fourth-order valence-electron chi connectivity index (χ4n) is 2.42. The van der Waals surface area contributed by atoms with Crippen molar-refractivity contribution in [2.75, 3.05) is 11.9 Å². The molecule has 0 unspecified atom stereocenters. The molecule has 0 aliphatic rings. The number of carbonyl (C=O) groups excluding carboxylic acids is 1. The second-order valence-corrected chi connectivity index (χ2v) is 6.07. The molecule has 3 rings (SSSR count). The van der Waals surface area contributed by atoms with Crippen LogP contribution in [-0.4, -0.2) is 17.5 Å². The molecule has 0 aliphatic heterocycles. The molecule has 0 fully saturated rings. The minimum Gasteiger partial charge on any atom is -0.494 e. The molecule has 134 valence electrons. The van der Waals surface area contributed by atoms with E-state index in [1.807, 2.05) is 31.2 Å². The first kappa shape index (κ1) is 18.0. The highest BCUT2D eigenvalue weighted by molar-refractivity contribution is 6.30. The van der Waals surface area contributed by atoms with Crippen molar-refractivity contribution in [1.29, 1.82) is 0 Å². The minimum absolute atomic E-state index is 0.104. The molecule has 1 aromatic heterocycles. The van der Waals surface area contributed by atoms with Gasteiger partial charge < -0.3 is 14.5 Å². The summed E-state index contributed by atoms with van der Waals surface area (Å²) in [5, 5.41) is 3.44. The lowest BCUT2D eigenvalue weighted by Crippen LogP contribution is -2.12. The van der Waals surface area contributed by atoms with Crippen LogP contribution in [-0.2, 0) is 11.2 Å². The normalized spacial score (nSPS) is 10.5. The van der Waals surface area contributed by atoms with E-state index in [-0.39, 0.29) is 12.3 Å². The van der Waals surface area contributed by atoms with Crippen molar-refractivity contribution in [3.05, 3.63) is 65.6 Å². The third kappa shape index (κ3) is 4.86. The van der Waals surface area contributed by atoms with Crippen molar-refractivity contribution < 1.29 is 13.9 Å². The Bertz CT molecular complexity index is 858. The first-order chi connectivity index (χ1) is 12.6. The highest BCUT2D eigenvalue weighted by atomic mass is 35.5. The molecule has 0 saturated heterocycles. The zero-order valence-corrected chi connectivity index (χ0v) is 15.1. The Morgan fingerprint density at radius 2 is 1.88 bits per heavy atom. The number of aryl methyl sites for hydroxylation is 1. The van der Waals surface area contributed by atoms with E-state index in [0.29, 0.717) is 35.4 Å². The predicted molar refractivity (Wildman–Crippen MR) is 102 cm³/mol. The van der Waals surface area contributed by atoms with Crippen LogP contribution in [0, 0.1) is 0 Å². The summed E-state index contributed by atoms with van der Waals surface area (Å²) in [7, 11) is 0. The number of hydrogen-bond donors (Lipinski definition) is 1. The van der Waals surface area contributed by atoms with Crippen LogP contribution < -0.4 is 10.1 Å². The predicted octanol–water partition coefficient (Wildman–Crippen LogP) is 4.97. The van der Waals surface area contributed by atoms with Gasteiger partial charge in [0.1, 0.15) is 5.75 Å². The van der Waals surface area contributed by atoms with Crippen molar-refractivity contribution >= 4 is 23.2 Å². The first-order valence-electron chi connectivity index (χ1n) is 8.37. The topological polar surface area (TPSA) is 64.4 Å². The van der Waals surface area contributed by atoms with Gasteiger partial charge in [-0.1, -0.05) is 11.6 Å². The van der Waals surface area contributed by atoms with Gasteiger partial charge in [0.05, 0.1) is 12.8 Å². The molecule has 0 bridgehead atoms. The zero-order valence-electron chi connectivity index (χ0n) is 14.4. The number of amides is 1. The van der Waals surface area contributed by atoms with Crippen LogP contribution in [0.2, 0.25) is 5.02 Å². The Hall–Kier alpha value is -2.79. The lowest BCUT2D eigenvalue weighted by atomic mass is 10.2. The zero-order chi connectivity index (χ0) is 18.4. The molecule has 0 spiro atoms. The van der Waals surface area contributed by atoms with Gasteiger partial charge >= 0.3 is 0 Å². The second kappa shape index (κ2) is 8.54. The third-order valence-electron chi connectivity index (χ3n) is 3.70. The number of carbonyl (C=O) groups is 1. The van der Waals surface area contributed by atoms with Gasteiger partial charge in [0, 0.05) is 29.1 Å². The third-order valence-corrected chi connectivity index (χ3v) is 3.95. The maximum atomic E-state index is 12.0. The summed E-state index contributed by atoms with van der Waals surface area (Å²) < 4.78 is 11.2. The van der Waals surface area contributed by atoms with Crippen LogP contribution in [0.4, 0.5) is 5.69 Å². The van der Waals surface area contributed by atoms with Crippen molar-refractivity contribution in [1.82, 2.24) is 4.98 Å². The lowest BCUT2D eigenvalue weighted by molar-refractivity contribution is -0.116. The Morgan fingerprint density at radius 3 is 2.58 bits per heavy atom. The van der Waals surface area contributed by atoms with E-state index in [1.165, 1.54) is 0 Å². The molecule has 0 atom stereocenters. The standard InChI is InChI=1S/C20H19ClN2O3/c1-2-25-17-9-3-14(4-10-17)18-13-22-20(26-18)12-11-19(24)23-16-7-5-15(21)6-8-16/h3-10,13H,2,11-12H2,1H3,(H,23,24). The van der Waals surface area contributed by atoms with Gasteiger partial charge in [-0.25, -0.2) is 4.98 Å². The molecular formula is C20H19ClN2O3. The molecule has 1 heterocycles. The highest BCUT2D eigenvalue weighted by Gasteiger charge is 2.09. The van der Waals surface area contributed by atoms with E-state index in [0.717, 1.165) is 11.3 Å². The highest BCUT2D eigenvalue weighted by Crippen LogP contribution is 2.23. The maximum absolute atomic E-state index is 12.0. The molecule has 1 amide bonds. The molecule has 6 heteroatoms. The number of oxazole rings is 1. The van der Waals surface area contributed by atoms with Crippen molar-refractivity contribution in [3.8, 4) is 17.1 Å². The van der Waals surface area contributed by atoms with E-state index < -0.39 is 0 Å². The quantitative estimate of drug-likeness (QED) is 0.638. The van der Waals surface area contributed by atoms with Gasteiger partial charge in [0.2, 0.25) is 5.91 Å². The Kier molecular flexibility index (Phi) is 5.92. The smallest absolute Gasteiger partial charge is 0.224 e. The number of aromatic nitrogens is 1. The molecule has 26 heavy (non-hydrogen) atoms. The molecular weight excluding hydrogens is 352 g/mol. The van der Waals surface area contributed by atoms with Crippen molar-refractivity contribution in [2.45, 2.75) is 19.8 Å². The van der Waals surface area contributed by atoms with Crippen LogP contribution in [0.1, 0.15) is 19.2 Å². The number of halogens is 1. The van der Waals surface area contributed by atoms with E-state index in [4.69, 9.17) is 20.8 Å². The van der Waals surface area contributed by atoms with Gasteiger partial charge in [0.25, 0.3) is 0 Å². The Balaban J connectivity index is 1.54. The number of benzene rings is 2. The summed E-state index contributed by atoms with van der Waals surface area (Å²) in [5.41, 5.74) is 1.62. The fourth-order valence-corrected chi connectivity index (χ4v) is 2.54. The molecule has 5 nitrogen and oxygen atoms in total. The summed E-state index contributed by atoms with van der Waals surface area (Å²) >= 11 is 5.83. The maximum Gasteiger partial charge on any atom is 0.224 e. The Morgan fingerprint density at radius 1 is 1.15 bits per heavy atom. The average Bonchev–Trinajstić information content (AvgIpc) is 3.12. The number of anilines is 1. The van der Waals surface area contributed by atoms with Gasteiger partial charge in [0.15, 0.2) is 11.7 Å². The molecule has 2 aromatic carbocycles. The molecule has 3 aromatic rings. The van der Waals surface area contributed by atoms with E-state index in [2.05, 4.69) is 10.3 Å². The van der Waals surface area contributed by atoms with Gasteiger partial charge in [-0.2, -0.15) is 0 Å². The number of ether oxygens (including phenoxy) is 1. The minimum atomic E-state index is -0.104. The van der Waals surface area contributed by atoms with Gasteiger partial charge in [-0.05, 0) is 55.5 Å². The van der Waals surface area contributed by atoms with E-state index in [1.54, 1.807) is 30.5 Å². The van der Waals surface area contributed by atoms with Crippen molar-refractivity contribution in [3.63, 3.8) is 0 Å². The van der Waals surface area contributed by atoms with Crippen LogP contribution in [0.3, 0.4) is 0 Å². The SMILES string of the molecule is CCOc1ccc(-c2cnc(CCC(=O)Nc3ccc(Cl)cc3)o2)cc1. The monoisotopic (exact) mass is 370 g/mol. The van der Waals surface area contributed by atoms with Crippen molar-refractivity contribution in [2.24, 2.45) is 0 Å². The summed E-state index contributed by atoms with van der Waals surface area (Å²) in [6, 6.07) is 14.6. The number of nitrogens with zero attached hydrogens (tertiary/aromatic N) is 1. The molecule has 0 radical (unpaired) electrons. The van der Waals surface area contributed by atoms with Crippen LogP contribution >= 0.6 is 11.6 Å². The van der Waals surface area contributed by atoms with E-state index >= 15 is 0 Å². The summed E-state index contributed by atoms with van der Waals surface area (Å²) in [4.78, 5) is 16.3. The lowest BCUT2D eigenvalue weighted by Gasteiger charge is -2.04.